The molecule has 3 unspecified atom stereocenters. The number of hydrogen-bond donors (Lipinski definition) is 1. The summed E-state index contributed by atoms with van der Waals surface area (Å²) in [6.45, 7) is 6.30. The normalized spacial score (nSPS) is 59.4. The molecule has 138 valence electrons. The molecule has 25 heavy (non-hydrogen) atoms. The van der Waals surface area contributed by atoms with Gasteiger partial charge in [0.2, 0.25) is 0 Å². The molecule has 5 fully saturated rings. The summed E-state index contributed by atoms with van der Waals surface area (Å²) in [5.41, 5.74) is -0.563. The average molecular weight is 346 g/mol. The predicted molar refractivity (Wildman–Crippen MR) is 91.8 cm³/mol. The summed E-state index contributed by atoms with van der Waals surface area (Å²) in [5, 5.41) is 11.0. The van der Waals surface area contributed by atoms with Gasteiger partial charge in [-0.3, -0.25) is 9.59 Å². The molecule has 4 aliphatic carbocycles. The van der Waals surface area contributed by atoms with Crippen LogP contribution in [0.5, 0.6) is 0 Å². The average Bonchev–Trinajstić information content (AvgIpc) is 3.18. The largest absolute Gasteiger partial charge is 0.392 e. The third-order valence-corrected chi connectivity index (χ3v) is 9.53. The lowest BCUT2D eigenvalue weighted by molar-refractivity contribution is -0.166. The van der Waals surface area contributed by atoms with Gasteiger partial charge in [0.05, 0.1) is 6.10 Å². The Bertz CT molecular complexity index is 658. The molecule has 1 saturated heterocycles. The molecule has 1 aliphatic heterocycles. The lowest BCUT2D eigenvalue weighted by Crippen LogP contribution is -2.63. The van der Waals surface area contributed by atoms with Crippen LogP contribution in [-0.4, -0.2) is 34.5 Å². The summed E-state index contributed by atoms with van der Waals surface area (Å²) in [6, 6.07) is 0. The van der Waals surface area contributed by atoms with Crippen molar-refractivity contribution in [3.63, 3.8) is 0 Å². The number of ether oxygens (including phenoxy) is 1. The van der Waals surface area contributed by atoms with Crippen molar-refractivity contribution in [3.8, 4) is 0 Å². The van der Waals surface area contributed by atoms with Gasteiger partial charge in [-0.05, 0) is 68.6 Å². The van der Waals surface area contributed by atoms with E-state index < -0.39 is 11.7 Å². The van der Waals surface area contributed by atoms with Crippen molar-refractivity contribution < 1.29 is 19.4 Å². The van der Waals surface area contributed by atoms with E-state index in [2.05, 4.69) is 13.8 Å². The summed E-state index contributed by atoms with van der Waals surface area (Å²) < 4.78 is 6.04. The quantitative estimate of drug-likeness (QED) is 0.741. The molecule has 4 heteroatoms. The Kier molecular flexibility index (Phi) is 3.12. The molecular weight excluding hydrogens is 316 g/mol. The molecule has 4 nitrogen and oxygen atoms in total. The fraction of sp³-hybridized carbons (Fsp3) is 0.905. The molecule has 0 aromatic carbocycles. The van der Waals surface area contributed by atoms with Crippen LogP contribution in [0.25, 0.3) is 0 Å². The number of carbonyl (C=O) groups excluding carboxylic acids is 2. The second-order valence-corrected chi connectivity index (χ2v) is 10.1. The molecule has 1 spiro atoms. The van der Waals surface area contributed by atoms with Gasteiger partial charge in [-0.1, -0.05) is 13.8 Å². The lowest BCUT2D eigenvalue weighted by Gasteiger charge is -2.60. The maximum absolute atomic E-state index is 12.2. The van der Waals surface area contributed by atoms with Crippen molar-refractivity contribution in [1.29, 1.82) is 0 Å². The molecule has 0 radical (unpaired) electrons. The Morgan fingerprint density at radius 3 is 2.60 bits per heavy atom. The highest BCUT2D eigenvalue weighted by molar-refractivity contribution is 5.89. The Morgan fingerprint density at radius 1 is 1.12 bits per heavy atom. The highest BCUT2D eigenvalue weighted by atomic mass is 16.6. The van der Waals surface area contributed by atoms with Crippen LogP contribution < -0.4 is 0 Å². The number of aliphatic hydroxyl groups is 1. The highest BCUT2D eigenvalue weighted by Crippen LogP contribution is 2.72. The van der Waals surface area contributed by atoms with Crippen LogP contribution in [0.3, 0.4) is 0 Å². The van der Waals surface area contributed by atoms with Crippen LogP contribution in [0.1, 0.15) is 65.7 Å². The smallest absolute Gasteiger partial charge is 0.167 e. The molecule has 4 saturated carbocycles. The first-order valence-electron chi connectivity index (χ1n) is 10.1. The van der Waals surface area contributed by atoms with Crippen molar-refractivity contribution in [2.75, 3.05) is 0 Å². The van der Waals surface area contributed by atoms with E-state index in [1.165, 1.54) is 0 Å². The van der Waals surface area contributed by atoms with Crippen molar-refractivity contribution in [1.82, 2.24) is 0 Å². The molecule has 1 heterocycles. The molecule has 5 aliphatic rings. The zero-order chi connectivity index (χ0) is 17.8. The van der Waals surface area contributed by atoms with Crippen LogP contribution >= 0.6 is 0 Å². The zero-order valence-electron chi connectivity index (χ0n) is 15.6. The van der Waals surface area contributed by atoms with Gasteiger partial charge in [-0.15, -0.1) is 0 Å². The number of ketones is 2. The highest BCUT2D eigenvalue weighted by Gasteiger charge is 2.79. The number of Topliss-reactive ketones (excluding diaryl/α,β-unsaturated/α-hetero) is 2. The molecule has 0 bridgehead atoms. The van der Waals surface area contributed by atoms with Crippen molar-refractivity contribution in [2.24, 2.45) is 34.5 Å². The number of fused-ring (bicyclic) bond motifs is 4. The molecule has 5 rings (SSSR count). The number of epoxide rings is 1. The fourth-order valence-electron chi connectivity index (χ4n) is 8.21. The zero-order valence-corrected chi connectivity index (χ0v) is 15.6. The lowest BCUT2D eigenvalue weighted by atomic mass is 9.43. The van der Waals surface area contributed by atoms with E-state index in [0.717, 1.165) is 38.5 Å². The van der Waals surface area contributed by atoms with Gasteiger partial charge in [-0.2, -0.15) is 0 Å². The van der Waals surface area contributed by atoms with E-state index in [1.54, 1.807) is 6.92 Å². The molecular formula is C21H30O4. The maximum Gasteiger partial charge on any atom is 0.167 e. The minimum Gasteiger partial charge on any atom is -0.392 e. The van der Waals surface area contributed by atoms with E-state index in [1.807, 2.05) is 0 Å². The molecule has 0 amide bonds. The number of hydrogen-bond acceptors (Lipinski definition) is 4. The Hall–Kier alpha value is -0.740. The van der Waals surface area contributed by atoms with Crippen LogP contribution in [0.4, 0.5) is 0 Å². The van der Waals surface area contributed by atoms with Gasteiger partial charge in [0.15, 0.2) is 5.78 Å². The van der Waals surface area contributed by atoms with Gasteiger partial charge in [0.1, 0.15) is 17.5 Å². The maximum atomic E-state index is 12.2. The van der Waals surface area contributed by atoms with E-state index in [0.29, 0.717) is 23.5 Å². The summed E-state index contributed by atoms with van der Waals surface area (Å²) in [5.74, 6) is 2.23. The summed E-state index contributed by atoms with van der Waals surface area (Å²) in [6.07, 6.45) is 5.69. The van der Waals surface area contributed by atoms with Crippen LogP contribution in [0.15, 0.2) is 0 Å². The van der Waals surface area contributed by atoms with Gasteiger partial charge in [-0.25, -0.2) is 0 Å². The molecule has 9 atom stereocenters. The van der Waals surface area contributed by atoms with Gasteiger partial charge < -0.3 is 9.84 Å². The van der Waals surface area contributed by atoms with E-state index in [9.17, 15) is 14.7 Å². The molecule has 0 aromatic heterocycles. The monoisotopic (exact) mass is 346 g/mol. The standard InChI is InChI=1S/C21H30O4/c1-11(22)13-4-5-14-12-6-9-21-18(25-21)16(23)10-17(24)20(21,3)15(12)7-8-19(13,14)2/h12-15,17-18,24H,4-10H2,1-3H3/t12-,13+,14-,15-,17?,18?,19+,20-,21?/m0/s1. The Labute approximate surface area is 149 Å². The Morgan fingerprint density at radius 2 is 1.88 bits per heavy atom. The number of carbonyl (C=O) groups is 2. The first-order chi connectivity index (χ1) is 11.8. The van der Waals surface area contributed by atoms with Crippen LogP contribution in [0.2, 0.25) is 0 Å². The van der Waals surface area contributed by atoms with Gasteiger partial charge in [0.25, 0.3) is 0 Å². The number of rotatable bonds is 1. The topological polar surface area (TPSA) is 66.9 Å². The summed E-state index contributed by atoms with van der Waals surface area (Å²) in [7, 11) is 0. The minimum atomic E-state index is -0.582. The van der Waals surface area contributed by atoms with Gasteiger partial charge in [0, 0.05) is 17.8 Å². The second kappa shape index (κ2) is 4.75. The van der Waals surface area contributed by atoms with E-state index in [-0.39, 0.29) is 35.1 Å². The van der Waals surface area contributed by atoms with Crippen LogP contribution in [-0.2, 0) is 14.3 Å². The summed E-state index contributed by atoms with van der Waals surface area (Å²) >= 11 is 0. The van der Waals surface area contributed by atoms with Crippen molar-refractivity contribution >= 4 is 11.6 Å². The SMILES string of the molecule is CC(=O)[C@H]1CC[C@H]2[C@@H]3CCC45OC4C(=O)CC(O)[C@]5(C)[C@H]3CC[C@]12C. The van der Waals surface area contributed by atoms with Crippen molar-refractivity contribution in [2.45, 2.75) is 83.5 Å². The predicted octanol–water partition coefficient (Wildman–Crippen LogP) is 2.91. The first-order valence-corrected chi connectivity index (χ1v) is 10.1. The van der Waals surface area contributed by atoms with Crippen LogP contribution in [0, 0.1) is 34.5 Å². The molecule has 1 N–H and O–H groups in total. The Balaban J connectivity index is 1.51. The molecule has 0 aromatic rings. The van der Waals surface area contributed by atoms with Crippen molar-refractivity contribution in [3.05, 3.63) is 0 Å². The summed E-state index contributed by atoms with van der Waals surface area (Å²) in [4.78, 5) is 24.4. The minimum absolute atomic E-state index is 0.0987. The van der Waals surface area contributed by atoms with E-state index >= 15 is 0 Å². The van der Waals surface area contributed by atoms with Gasteiger partial charge >= 0.3 is 0 Å². The third kappa shape index (κ3) is 1.72. The van der Waals surface area contributed by atoms with E-state index in [4.69, 9.17) is 4.74 Å². The fourth-order valence-corrected chi connectivity index (χ4v) is 8.21. The first kappa shape index (κ1) is 16.4. The number of aliphatic hydroxyl groups excluding tert-OH is 1. The third-order valence-electron chi connectivity index (χ3n) is 9.53. The second-order valence-electron chi connectivity index (χ2n) is 10.1.